The van der Waals surface area contributed by atoms with Gasteiger partial charge < -0.3 is 4.90 Å². The van der Waals surface area contributed by atoms with Gasteiger partial charge in [0, 0.05) is 20.6 Å². The van der Waals surface area contributed by atoms with E-state index in [1.54, 1.807) is 35.9 Å². The molecule has 0 fully saturated rings. The van der Waals surface area contributed by atoms with Gasteiger partial charge in [-0.15, -0.1) is 0 Å². The highest BCUT2D eigenvalue weighted by molar-refractivity contribution is 9.10. The molecule has 0 N–H and O–H groups in total. The van der Waals surface area contributed by atoms with E-state index < -0.39 is 0 Å². The zero-order valence-electron chi connectivity index (χ0n) is 12.1. The standard InChI is InChI=1S/C13H18BrN5O/c1-5-19-12(10(14)7-15-19)8-17(3)13(20)11-6-9(2)16-18(11)4/h6-7H,5,8H2,1-4H3. The fraction of sp³-hybridized carbons (Fsp3) is 0.462. The van der Waals surface area contributed by atoms with Gasteiger partial charge in [-0.25, -0.2) is 0 Å². The number of hydrogen-bond acceptors (Lipinski definition) is 3. The molecule has 2 aromatic heterocycles. The first-order chi connectivity index (χ1) is 9.43. The summed E-state index contributed by atoms with van der Waals surface area (Å²) in [6.07, 6.45) is 1.76. The topological polar surface area (TPSA) is 56.0 Å². The fourth-order valence-corrected chi connectivity index (χ4v) is 2.54. The quantitative estimate of drug-likeness (QED) is 0.855. The molecule has 108 valence electrons. The second-order valence-electron chi connectivity index (χ2n) is 4.71. The van der Waals surface area contributed by atoms with Crippen LogP contribution in [0.2, 0.25) is 0 Å². The Labute approximate surface area is 126 Å². The summed E-state index contributed by atoms with van der Waals surface area (Å²) in [5, 5.41) is 8.46. The lowest BCUT2D eigenvalue weighted by Gasteiger charge is -2.18. The number of amides is 1. The van der Waals surface area contributed by atoms with Crippen LogP contribution in [0.25, 0.3) is 0 Å². The van der Waals surface area contributed by atoms with E-state index in [0.717, 1.165) is 22.4 Å². The Balaban J connectivity index is 2.19. The SMILES string of the molecule is CCn1ncc(Br)c1CN(C)C(=O)c1cc(C)nn1C. The molecule has 2 aromatic rings. The van der Waals surface area contributed by atoms with E-state index in [9.17, 15) is 4.79 Å². The van der Waals surface area contributed by atoms with Gasteiger partial charge >= 0.3 is 0 Å². The number of rotatable bonds is 4. The van der Waals surface area contributed by atoms with Crippen LogP contribution in [0.3, 0.4) is 0 Å². The lowest BCUT2D eigenvalue weighted by Crippen LogP contribution is -2.29. The van der Waals surface area contributed by atoms with Gasteiger partial charge in [0.1, 0.15) is 5.69 Å². The minimum Gasteiger partial charge on any atom is -0.334 e. The second-order valence-corrected chi connectivity index (χ2v) is 5.57. The Morgan fingerprint density at radius 2 is 2.20 bits per heavy atom. The average molecular weight is 340 g/mol. The molecule has 0 radical (unpaired) electrons. The number of hydrogen-bond donors (Lipinski definition) is 0. The fourth-order valence-electron chi connectivity index (χ4n) is 2.12. The zero-order valence-corrected chi connectivity index (χ0v) is 13.7. The molecule has 1 amide bonds. The van der Waals surface area contributed by atoms with Gasteiger partial charge in [-0.3, -0.25) is 14.2 Å². The maximum atomic E-state index is 12.4. The first-order valence-electron chi connectivity index (χ1n) is 6.40. The Morgan fingerprint density at radius 1 is 1.50 bits per heavy atom. The van der Waals surface area contributed by atoms with Crippen LogP contribution in [0.1, 0.15) is 28.8 Å². The van der Waals surface area contributed by atoms with Crippen molar-refractivity contribution in [2.24, 2.45) is 7.05 Å². The minimum absolute atomic E-state index is 0.0520. The third kappa shape index (κ3) is 2.77. The summed E-state index contributed by atoms with van der Waals surface area (Å²) in [5.74, 6) is -0.0520. The Bertz CT molecular complexity index is 631. The number of carbonyl (C=O) groups excluding carboxylic acids is 1. The summed E-state index contributed by atoms with van der Waals surface area (Å²) in [6.45, 7) is 5.17. The lowest BCUT2D eigenvalue weighted by molar-refractivity contribution is 0.0770. The maximum Gasteiger partial charge on any atom is 0.272 e. The normalized spacial score (nSPS) is 10.8. The number of nitrogens with zero attached hydrogens (tertiary/aromatic N) is 5. The highest BCUT2D eigenvalue weighted by atomic mass is 79.9. The molecule has 7 heteroatoms. The molecule has 0 saturated heterocycles. The van der Waals surface area contributed by atoms with Crippen molar-refractivity contribution in [1.82, 2.24) is 24.5 Å². The van der Waals surface area contributed by atoms with Gasteiger partial charge in [0.25, 0.3) is 5.91 Å². The Hall–Kier alpha value is -1.63. The third-order valence-corrected chi connectivity index (χ3v) is 3.81. The molecule has 0 aromatic carbocycles. The predicted molar refractivity (Wildman–Crippen MR) is 79.3 cm³/mol. The first kappa shape index (κ1) is 14.8. The van der Waals surface area contributed by atoms with Crippen molar-refractivity contribution in [2.45, 2.75) is 26.9 Å². The van der Waals surface area contributed by atoms with Crippen LogP contribution in [-0.4, -0.2) is 37.4 Å². The van der Waals surface area contributed by atoms with Crippen molar-refractivity contribution in [2.75, 3.05) is 7.05 Å². The van der Waals surface area contributed by atoms with Crippen LogP contribution in [0.4, 0.5) is 0 Å². The van der Waals surface area contributed by atoms with Crippen molar-refractivity contribution in [3.05, 3.63) is 33.8 Å². The zero-order chi connectivity index (χ0) is 14.9. The average Bonchev–Trinajstić information content (AvgIpc) is 2.92. The number of carbonyl (C=O) groups is 1. The van der Waals surface area contributed by atoms with Crippen LogP contribution in [-0.2, 0) is 20.1 Å². The molecule has 2 heterocycles. The minimum atomic E-state index is -0.0520. The molecule has 0 saturated carbocycles. The van der Waals surface area contributed by atoms with Crippen molar-refractivity contribution in [3.63, 3.8) is 0 Å². The lowest BCUT2D eigenvalue weighted by atomic mass is 10.3. The molecule has 0 atom stereocenters. The van der Waals surface area contributed by atoms with E-state index in [2.05, 4.69) is 26.1 Å². The van der Waals surface area contributed by atoms with E-state index in [1.807, 2.05) is 18.5 Å². The van der Waals surface area contributed by atoms with E-state index in [1.165, 1.54) is 0 Å². The smallest absolute Gasteiger partial charge is 0.272 e. The van der Waals surface area contributed by atoms with Crippen LogP contribution < -0.4 is 0 Å². The van der Waals surface area contributed by atoms with Gasteiger partial charge in [0.05, 0.1) is 28.6 Å². The van der Waals surface area contributed by atoms with Crippen molar-refractivity contribution < 1.29 is 4.79 Å². The highest BCUT2D eigenvalue weighted by Gasteiger charge is 2.19. The van der Waals surface area contributed by atoms with E-state index in [0.29, 0.717) is 12.2 Å². The largest absolute Gasteiger partial charge is 0.334 e. The summed E-state index contributed by atoms with van der Waals surface area (Å²) < 4.78 is 4.41. The highest BCUT2D eigenvalue weighted by Crippen LogP contribution is 2.18. The molecule has 0 aliphatic carbocycles. The number of aryl methyl sites for hydroxylation is 3. The molecular formula is C13H18BrN5O. The summed E-state index contributed by atoms with van der Waals surface area (Å²) in [5.41, 5.74) is 2.41. The van der Waals surface area contributed by atoms with Crippen molar-refractivity contribution in [1.29, 1.82) is 0 Å². The molecule has 0 spiro atoms. The molecular weight excluding hydrogens is 322 g/mol. The van der Waals surface area contributed by atoms with Gasteiger partial charge in [0.2, 0.25) is 0 Å². The van der Waals surface area contributed by atoms with Gasteiger partial charge in [-0.1, -0.05) is 0 Å². The molecule has 0 aliphatic heterocycles. The van der Waals surface area contributed by atoms with Gasteiger partial charge in [-0.05, 0) is 35.8 Å². The molecule has 0 unspecified atom stereocenters. The molecule has 6 nitrogen and oxygen atoms in total. The van der Waals surface area contributed by atoms with Crippen molar-refractivity contribution >= 4 is 21.8 Å². The number of aromatic nitrogens is 4. The Morgan fingerprint density at radius 3 is 2.75 bits per heavy atom. The van der Waals surface area contributed by atoms with Gasteiger partial charge in [-0.2, -0.15) is 10.2 Å². The summed E-state index contributed by atoms with van der Waals surface area (Å²) in [7, 11) is 3.56. The van der Waals surface area contributed by atoms with E-state index in [4.69, 9.17) is 0 Å². The maximum absolute atomic E-state index is 12.4. The third-order valence-electron chi connectivity index (χ3n) is 3.15. The predicted octanol–water partition coefficient (Wildman–Crippen LogP) is 1.98. The monoisotopic (exact) mass is 339 g/mol. The van der Waals surface area contributed by atoms with Crippen LogP contribution in [0, 0.1) is 6.92 Å². The summed E-state index contributed by atoms with van der Waals surface area (Å²) in [4.78, 5) is 14.1. The van der Waals surface area contributed by atoms with Crippen molar-refractivity contribution in [3.8, 4) is 0 Å². The molecule has 2 rings (SSSR count). The van der Waals surface area contributed by atoms with Crippen LogP contribution in [0.5, 0.6) is 0 Å². The van der Waals surface area contributed by atoms with Gasteiger partial charge in [0.15, 0.2) is 0 Å². The molecule has 0 aliphatic rings. The second kappa shape index (κ2) is 5.78. The van der Waals surface area contributed by atoms with E-state index in [-0.39, 0.29) is 5.91 Å². The summed E-state index contributed by atoms with van der Waals surface area (Å²) >= 11 is 3.47. The summed E-state index contributed by atoms with van der Waals surface area (Å²) in [6, 6.07) is 1.80. The number of halogens is 1. The van der Waals surface area contributed by atoms with Crippen LogP contribution in [0.15, 0.2) is 16.7 Å². The van der Waals surface area contributed by atoms with Crippen LogP contribution >= 0.6 is 15.9 Å². The Kier molecular flexibility index (Phi) is 4.27. The first-order valence-corrected chi connectivity index (χ1v) is 7.19. The van der Waals surface area contributed by atoms with E-state index >= 15 is 0 Å². The molecule has 20 heavy (non-hydrogen) atoms. The molecule has 0 bridgehead atoms.